The van der Waals surface area contributed by atoms with Gasteiger partial charge in [0.1, 0.15) is 0 Å². The highest BCUT2D eigenvalue weighted by Crippen LogP contribution is 2.24. The highest BCUT2D eigenvalue weighted by molar-refractivity contribution is 5.45. The van der Waals surface area contributed by atoms with Crippen LogP contribution >= 0.6 is 0 Å². The Balaban J connectivity index is 1.53. The van der Waals surface area contributed by atoms with Crippen LogP contribution in [-0.2, 0) is 0 Å². The molecule has 3 nitrogen and oxygen atoms in total. The monoisotopic (exact) mass is 231 g/mol. The van der Waals surface area contributed by atoms with Gasteiger partial charge in [-0.2, -0.15) is 0 Å². The maximum Gasteiger partial charge on any atom is 0.0553 e. The van der Waals surface area contributed by atoms with Crippen LogP contribution in [0.2, 0.25) is 0 Å². The molecule has 0 amide bonds. The number of nitrogens with zero attached hydrogens (tertiary/aromatic N) is 2. The van der Waals surface area contributed by atoms with Crippen molar-refractivity contribution in [2.45, 2.75) is 32.2 Å². The summed E-state index contributed by atoms with van der Waals surface area (Å²) in [6.45, 7) is 5.60. The van der Waals surface area contributed by atoms with Gasteiger partial charge in [0.15, 0.2) is 0 Å². The molecule has 3 heteroatoms. The summed E-state index contributed by atoms with van der Waals surface area (Å²) in [5.74, 6) is 0.817. The summed E-state index contributed by atoms with van der Waals surface area (Å²) in [5.41, 5.74) is 2.38. The normalized spacial score (nSPS) is 24.3. The SMILES string of the molecule is Cc1ccc(N2CCC(CNC3CC3)C2)cn1. The summed E-state index contributed by atoms with van der Waals surface area (Å²) in [7, 11) is 0. The first-order chi connectivity index (χ1) is 8.31. The topological polar surface area (TPSA) is 28.2 Å². The number of aromatic nitrogens is 1. The number of hydrogen-bond acceptors (Lipinski definition) is 3. The third-order valence-electron chi connectivity index (χ3n) is 3.82. The van der Waals surface area contributed by atoms with Gasteiger partial charge in [0.2, 0.25) is 0 Å². The minimum absolute atomic E-state index is 0.817. The molecule has 2 heterocycles. The van der Waals surface area contributed by atoms with Gasteiger partial charge in [-0.15, -0.1) is 0 Å². The third kappa shape index (κ3) is 2.78. The lowest BCUT2D eigenvalue weighted by Gasteiger charge is -2.18. The quantitative estimate of drug-likeness (QED) is 0.858. The Morgan fingerprint density at radius 3 is 2.94 bits per heavy atom. The summed E-state index contributed by atoms with van der Waals surface area (Å²) in [4.78, 5) is 6.84. The first-order valence-electron chi connectivity index (χ1n) is 6.72. The van der Waals surface area contributed by atoms with E-state index >= 15 is 0 Å². The van der Waals surface area contributed by atoms with Crippen molar-refractivity contribution in [3.63, 3.8) is 0 Å². The van der Waals surface area contributed by atoms with E-state index in [9.17, 15) is 0 Å². The zero-order chi connectivity index (χ0) is 11.7. The van der Waals surface area contributed by atoms with Crippen molar-refractivity contribution in [2.75, 3.05) is 24.5 Å². The van der Waals surface area contributed by atoms with Crippen LogP contribution in [-0.4, -0.2) is 30.7 Å². The Kier molecular flexibility index (Phi) is 3.02. The Hall–Kier alpha value is -1.09. The molecule has 0 aromatic carbocycles. The van der Waals surface area contributed by atoms with E-state index in [4.69, 9.17) is 0 Å². The van der Waals surface area contributed by atoms with E-state index < -0.39 is 0 Å². The van der Waals surface area contributed by atoms with Crippen LogP contribution in [0.25, 0.3) is 0 Å². The molecule has 1 atom stereocenters. The van der Waals surface area contributed by atoms with Crippen LogP contribution in [0.5, 0.6) is 0 Å². The molecule has 1 aromatic rings. The van der Waals surface area contributed by atoms with Gasteiger partial charge >= 0.3 is 0 Å². The summed E-state index contributed by atoms with van der Waals surface area (Å²) in [5, 5.41) is 3.64. The van der Waals surface area contributed by atoms with E-state index in [1.165, 1.54) is 44.6 Å². The molecule has 1 aliphatic carbocycles. The lowest BCUT2D eigenvalue weighted by Crippen LogP contribution is -2.27. The molecule has 2 aliphatic rings. The van der Waals surface area contributed by atoms with E-state index in [0.29, 0.717) is 0 Å². The second kappa shape index (κ2) is 4.65. The van der Waals surface area contributed by atoms with Crippen LogP contribution < -0.4 is 10.2 Å². The van der Waals surface area contributed by atoms with Crippen LogP contribution in [0, 0.1) is 12.8 Å². The fourth-order valence-electron chi connectivity index (χ4n) is 2.50. The average Bonchev–Trinajstić information content (AvgIpc) is 3.06. The predicted octanol–water partition coefficient (Wildman–Crippen LogP) is 1.97. The smallest absolute Gasteiger partial charge is 0.0553 e. The molecule has 17 heavy (non-hydrogen) atoms. The van der Waals surface area contributed by atoms with Crippen molar-refractivity contribution in [3.8, 4) is 0 Å². The van der Waals surface area contributed by atoms with Crippen molar-refractivity contribution in [3.05, 3.63) is 24.0 Å². The standard InChI is InChI=1S/C14H21N3/c1-11-2-5-14(9-15-11)17-7-6-12(10-17)8-16-13-3-4-13/h2,5,9,12-13,16H,3-4,6-8,10H2,1H3. The molecule has 0 spiro atoms. The molecular formula is C14H21N3. The number of hydrogen-bond donors (Lipinski definition) is 1. The fraction of sp³-hybridized carbons (Fsp3) is 0.643. The fourth-order valence-corrected chi connectivity index (χ4v) is 2.50. The molecule has 1 saturated heterocycles. The molecule has 0 bridgehead atoms. The number of aryl methyl sites for hydroxylation is 1. The minimum Gasteiger partial charge on any atom is -0.370 e. The summed E-state index contributed by atoms with van der Waals surface area (Å²) >= 11 is 0. The summed E-state index contributed by atoms with van der Waals surface area (Å²) in [6.07, 6.45) is 6.09. The highest BCUT2D eigenvalue weighted by atomic mass is 15.2. The van der Waals surface area contributed by atoms with Crippen molar-refractivity contribution in [2.24, 2.45) is 5.92 Å². The molecule has 92 valence electrons. The molecule has 2 fully saturated rings. The van der Waals surface area contributed by atoms with Gasteiger partial charge in [0.05, 0.1) is 11.9 Å². The summed E-state index contributed by atoms with van der Waals surface area (Å²) in [6, 6.07) is 5.13. The molecular weight excluding hydrogens is 210 g/mol. The van der Waals surface area contributed by atoms with Gasteiger partial charge in [-0.25, -0.2) is 0 Å². The Bertz CT molecular complexity index is 370. The zero-order valence-electron chi connectivity index (χ0n) is 10.5. The van der Waals surface area contributed by atoms with Gasteiger partial charge in [-0.05, 0) is 50.8 Å². The molecule has 1 aliphatic heterocycles. The lowest BCUT2D eigenvalue weighted by molar-refractivity contribution is 0.515. The zero-order valence-corrected chi connectivity index (χ0v) is 10.5. The molecule has 1 saturated carbocycles. The number of rotatable bonds is 4. The molecule has 1 unspecified atom stereocenters. The second-order valence-corrected chi connectivity index (χ2v) is 5.44. The lowest BCUT2D eigenvalue weighted by atomic mass is 10.1. The van der Waals surface area contributed by atoms with E-state index in [2.05, 4.69) is 27.3 Å². The molecule has 3 rings (SSSR count). The van der Waals surface area contributed by atoms with Crippen molar-refractivity contribution < 1.29 is 0 Å². The van der Waals surface area contributed by atoms with Crippen LogP contribution in [0.4, 0.5) is 5.69 Å². The number of nitrogens with one attached hydrogen (secondary N) is 1. The van der Waals surface area contributed by atoms with Crippen molar-refractivity contribution in [1.29, 1.82) is 0 Å². The van der Waals surface area contributed by atoms with Crippen molar-refractivity contribution >= 4 is 5.69 Å². The maximum atomic E-state index is 4.38. The first kappa shape index (κ1) is 11.0. The van der Waals surface area contributed by atoms with E-state index in [1.54, 1.807) is 0 Å². The van der Waals surface area contributed by atoms with Crippen LogP contribution in [0.1, 0.15) is 25.0 Å². The Morgan fingerprint density at radius 2 is 2.24 bits per heavy atom. The third-order valence-corrected chi connectivity index (χ3v) is 3.82. The predicted molar refractivity (Wildman–Crippen MR) is 70.3 cm³/mol. The van der Waals surface area contributed by atoms with Crippen LogP contribution in [0.3, 0.4) is 0 Å². The van der Waals surface area contributed by atoms with Crippen LogP contribution in [0.15, 0.2) is 18.3 Å². The first-order valence-corrected chi connectivity index (χ1v) is 6.72. The molecule has 0 radical (unpaired) electrons. The van der Waals surface area contributed by atoms with Gasteiger partial charge in [0, 0.05) is 24.8 Å². The van der Waals surface area contributed by atoms with Crippen molar-refractivity contribution in [1.82, 2.24) is 10.3 Å². The van der Waals surface area contributed by atoms with E-state index in [-0.39, 0.29) is 0 Å². The number of pyridine rings is 1. The Labute approximate surface area is 103 Å². The van der Waals surface area contributed by atoms with Gasteiger partial charge in [0.25, 0.3) is 0 Å². The van der Waals surface area contributed by atoms with E-state index in [0.717, 1.165) is 17.7 Å². The van der Waals surface area contributed by atoms with Gasteiger partial charge in [-0.1, -0.05) is 0 Å². The maximum absolute atomic E-state index is 4.38. The van der Waals surface area contributed by atoms with E-state index in [1.807, 2.05) is 13.1 Å². The summed E-state index contributed by atoms with van der Waals surface area (Å²) < 4.78 is 0. The average molecular weight is 231 g/mol. The van der Waals surface area contributed by atoms with Gasteiger partial charge < -0.3 is 10.2 Å². The molecule has 1 aromatic heterocycles. The number of anilines is 1. The molecule has 1 N–H and O–H groups in total. The largest absolute Gasteiger partial charge is 0.370 e. The minimum atomic E-state index is 0.817. The van der Waals surface area contributed by atoms with Gasteiger partial charge in [-0.3, -0.25) is 4.98 Å². The Morgan fingerprint density at radius 1 is 1.35 bits per heavy atom. The highest BCUT2D eigenvalue weighted by Gasteiger charge is 2.26. The second-order valence-electron chi connectivity index (χ2n) is 5.44.